The van der Waals surface area contributed by atoms with Crippen molar-refractivity contribution in [3.8, 4) is 0 Å². The third-order valence-electron chi connectivity index (χ3n) is 5.89. The molecular weight excluding hydrogens is 458 g/mol. The largest absolute Gasteiger partial charge is 0.371 e. The van der Waals surface area contributed by atoms with E-state index in [2.05, 4.69) is 57.7 Å². The van der Waals surface area contributed by atoms with Gasteiger partial charge < -0.3 is 10.2 Å². The summed E-state index contributed by atoms with van der Waals surface area (Å²) in [4.78, 5) is 16.6. The zero-order valence-electron chi connectivity index (χ0n) is 17.9. The average Bonchev–Trinajstić information content (AvgIpc) is 3.45. The molecule has 2 N–H and O–H groups in total. The Bertz CT molecular complexity index is 926. The topological polar surface area (TPSA) is 44.4 Å². The molecule has 1 amide bonds. The number of halogens is 1. The summed E-state index contributed by atoms with van der Waals surface area (Å²) in [6.07, 6.45) is 5.23. The number of carbonyl (C=O) groups is 1. The van der Waals surface area contributed by atoms with Crippen LogP contribution in [0.1, 0.15) is 56.8 Å². The van der Waals surface area contributed by atoms with Crippen molar-refractivity contribution in [3.63, 3.8) is 0 Å². The third kappa shape index (κ3) is 5.40. The first-order valence-electron chi connectivity index (χ1n) is 10.6. The first-order chi connectivity index (χ1) is 14.2. The Balaban J connectivity index is 1.48. The van der Waals surface area contributed by atoms with Crippen LogP contribution in [0.15, 0.2) is 51.8 Å². The van der Waals surface area contributed by atoms with Gasteiger partial charge in [0.25, 0.3) is 5.91 Å². The molecule has 2 aliphatic rings. The van der Waals surface area contributed by atoms with E-state index in [9.17, 15) is 4.79 Å². The highest BCUT2D eigenvalue weighted by atomic mass is 79.9. The lowest BCUT2D eigenvalue weighted by Gasteiger charge is -2.35. The Kier molecular flexibility index (Phi) is 6.20. The van der Waals surface area contributed by atoms with E-state index in [0.717, 1.165) is 39.4 Å². The molecule has 1 aliphatic heterocycles. The number of amides is 1. The van der Waals surface area contributed by atoms with E-state index in [1.807, 2.05) is 36.4 Å². The van der Waals surface area contributed by atoms with Crippen molar-refractivity contribution < 1.29 is 4.79 Å². The van der Waals surface area contributed by atoms with Gasteiger partial charge in [0, 0.05) is 33.7 Å². The van der Waals surface area contributed by atoms with Crippen molar-refractivity contribution in [1.29, 1.82) is 0 Å². The molecule has 1 saturated heterocycles. The number of benzene rings is 2. The molecule has 0 aromatic heterocycles. The van der Waals surface area contributed by atoms with Gasteiger partial charge in [0.05, 0.1) is 11.3 Å². The number of hydrogen-bond donors (Lipinski definition) is 2. The molecule has 2 aromatic rings. The van der Waals surface area contributed by atoms with Crippen LogP contribution in [0.2, 0.25) is 0 Å². The predicted molar refractivity (Wildman–Crippen MR) is 130 cm³/mol. The highest BCUT2D eigenvalue weighted by Gasteiger charge is 2.44. The van der Waals surface area contributed by atoms with Crippen LogP contribution in [0.25, 0.3) is 0 Å². The summed E-state index contributed by atoms with van der Waals surface area (Å²) in [5, 5.41) is 3.10. The van der Waals surface area contributed by atoms with Gasteiger partial charge >= 0.3 is 0 Å². The van der Waals surface area contributed by atoms with Crippen molar-refractivity contribution in [2.75, 3.05) is 23.3 Å². The SMILES string of the molecule is CC(C)(C)NSc1cccc(NC(=O)c2ccc(Br)cc2N2CCC3(CC2)CC3)c1. The quantitative estimate of drug-likeness (QED) is 0.473. The fraction of sp³-hybridized carbons (Fsp3) is 0.458. The molecule has 1 spiro atoms. The minimum atomic E-state index is -0.0601. The van der Waals surface area contributed by atoms with Crippen molar-refractivity contribution in [1.82, 2.24) is 4.72 Å². The van der Waals surface area contributed by atoms with Crippen molar-refractivity contribution in [2.45, 2.75) is 56.9 Å². The number of rotatable bonds is 5. The van der Waals surface area contributed by atoms with Crippen LogP contribution in [0.3, 0.4) is 0 Å². The lowest BCUT2D eigenvalue weighted by molar-refractivity contribution is 0.102. The first-order valence-corrected chi connectivity index (χ1v) is 12.2. The fourth-order valence-electron chi connectivity index (χ4n) is 3.90. The summed E-state index contributed by atoms with van der Waals surface area (Å²) in [6.45, 7) is 8.45. The number of piperidine rings is 1. The Labute approximate surface area is 192 Å². The van der Waals surface area contributed by atoms with Crippen LogP contribution < -0.4 is 14.9 Å². The molecule has 4 rings (SSSR count). The molecule has 0 bridgehead atoms. The van der Waals surface area contributed by atoms with Crippen molar-refractivity contribution in [3.05, 3.63) is 52.5 Å². The normalized spacial score (nSPS) is 17.8. The second kappa shape index (κ2) is 8.56. The highest BCUT2D eigenvalue weighted by molar-refractivity contribution is 9.10. The van der Waals surface area contributed by atoms with Gasteiger partial charge in [-0.15, -0.1) is 0 Å². The van der Waals surface area contributed by atoms with Gasteiger partial charge in [0.2, 0.25) is 0 Å². The van der Waals surface area contributed by atoms with Crippen LogP contribution >= 0.6 is 27.9 Å². The maximum Gasteiger partial charge on any atom is 0.257 e. The molecule has 1 aliphatic carbocycles. The Morgan fingerprint density at radius 2 is 1.80 bits per heavy atom. The summed E-state index contributed by atoms with van der Waals surface area (Å²) < 4.78 is 4.42. The first kappa shape index (κ1) is 21.7. The van der Waals surface area contributed by atoms with Gasteiger partial charge in [0.1, 0.15) is 0 Å². The zero-order valence-corrected chi connectivity index (χ0v) is 20.3. The number of carbonyl (C=O) groups excluding carboxylic acids is 1. The summed E-state index contributed by atoms with van der Waals surface area (Å²) in [7, 11) is 0. The molecule has 0 atom stereocenters. The molecule has 1 heterocycles. The van der Waals surface area contributed by atoms with E-state index < -0.39 is 0 Å². The number of anilines is 2. The predicted octanol–water partition coefficient (Wildman–Crippen LogP) is 6.48. The fourth-order valence-corrected chi connectivity index (χ4v) is 5.01. The van der Waals surface area contributed by atoms with Gasteiger partial charge in [0.15, 0.2) is 0 Å². The minimum Gasteiger partial charge on any atom is -0.371 e. The van der Waals surface area contributed by atoms with Gasteiger partial charge in [-0.05, 0) is 100 Å². The average molecular weight is 488 g/mol. The van der Waals surface area contributed by atoms with Gasteiger partial charge in [-0.1, -0.05) is 22.0 Å². The lowest BCUT2D eigenvalue weighted by Crippen LogP contribution is -2.35. The van der Waals surface area contributed by atoms with Gasteiger partial charge in [-0.2, -0.15) is 0 Å². The summed E-state index contributed by atoms with van der Waals surface area (Å²) >= 11 is 5.17. The summed E-state index contributed by atoms with van der Waals surface area (Å²) in [5.41, 5.74) is 3.20. The van der Waals surface area contributed by atoms with Crippen molar-refractivity contribution >= 4 is 45.2 Å². The lowest BCUT2D eigenvalue weighted by atomic mass is 9.93. The zero-order chi connectivity index (χ0) is 21.4. The molecule has 160 valence electrons. The van der Waals surface area contributed by atoms with E-state index in [0.29, 0.717) is 5.41 Å². The molecule has 30 heavy (non-hydrogen) atoms. The maximum atomic E-state index is 13.2. The molecule has 6 heteroatoms. The number of hydrogen-bond acceptors (Lipinski definition) is 4. The van der Waals surface area contributed by atoms with Crippen LogP contribution in [-0.2, 0) is 0 Å². The molecular formula is C24H30BrN3OS. The summed E-state index contributed by atoms with van der Waals surface area (Å²) in [5.74, 6) is -0.0601. The summed E-state index contributed by atoms with van der Waals surface area (Å²) in [6, 6.07) is 13.9. The van der Waals surface area contributed by atoms with E-state index in [4.69, 9.17) is 0 Å². The number of nitrogens with one attached hydrogen (secondary N) is 2. The standard InChI is InChI=1S/C24H30BrN3OS/c1-23(2,3)27-30-19-6-4-5-18(16-19)26-22(29)20-8-7-17(25)15-21(20)28-13-11-24(9-10-24)12-14-28/h4-8,15-16,27H,9-14H2,1-3H3,(H,26,29). The molecule has 0 unspecified atom stereocenters. The molecule has 0 radical (unpaired) electrons. The van der Waals surface area contributed by atoms with Crippen LogP contribution in [0.4, 0.5) is 11.4 Å². The third-order valence-corrected chi connectivity index (χ3v) is 7.59. The van der Waals surface area contributed by atoms with Crippen LogP contribution in [-0.4, -0.2) is 24.5 Å². The Hall–Kier alpha value is -1.50. The smallest absolute Gasteiger partial charge is 0.257 e. The molecule has 4 nitrogen and oxygen atoms in total. The second-order valence-corrected chi connectivity index (χ2v) is 11.4. The number of nitrogens with zero attached hydrogens (tertiary/aromatic N) is 1. The Morgan fingerprint density at radius 1 is 1.07 bits per heavy atom. The molecule has 1 saturated carbocycles. The highest BCUT2D eigenvalue weighted by Crippen LogP contribution is 2.54. The van der Waals surface area contributed by atoms with E-state index in [1.54, 1.807) is 11.9 Å². The van der Waals surface area contributed by atoms with E-state index >= 15 is 0 Å². The van der Waals surface area contributed by atoms with Gasteiger partial charge in [-0.25, -0.2) is 0 Å². The second-order valence-electron chi connectivity index (χ2n) is 9.58. The van der Waals surface area contributed by atoms with Gasteiger partial charge in [-0.3, -0.25) is 9.52 Å². The molecule has 2 fully saturated rings. The van der Waals surface area contributed by atoms with Crippen LogP contribution in [0, 0.1) is 5.41 Å². The monoisotopic (exact) mass is 487 g/mol. The Morgan fingerprint density at radius 3 is 2.47 bits per heavy atom. The van der Waals surface area contributed by atoms with Crippen molar-refractivity contribution in [2.24, 2.45) is 5.41 Å². The maximum absolute atomic E-state index is 13.2. The minimum absolute atomic E-state index is 0.0176. The van der Waals surface area contributed by atoms with Crippen LogP contribution in [0.5, 0.6) is 0 Å². The van der Waals surface area contributed by atoms with E-state index in [1.165, 1.54) is 25.7 Å². The van der Waals surface area contributed by atoms with E-state index in [-0.39, 0.29) is 11.4 Å². The molecule has 2 aromatic carbocycles.